The van der Waals surface area contributed by atoms with E-state index in [1.165, 1.54) is 25.8 Å². The minimum absolute atomic E-state index is 0.356. The zero-order valence-corrected chi connectivity index (χ0v) is 14.4. The van der Waals surface area contributed by atoms with E-state index < -0.39 is 11.5 Å². The van der Waals surface area contributed by atoms with Gasteiger partial charge in [0.1, 0.15) is 5.54 Å². The summed E-state index contributed by atoms with van der Waals surface area (Å²) in [6.45, 7) is 7.81. The molecular weight excluding hydrogens is 298 g/mol. The van der Waals surface area contributed by atoms with Gasteiger partial charge in [0, 0.05) is 12.6 Å². The summed E-state index contributed by atoms with van der Waals surface area (Å²) in [4.78, 5) is 25.0. The zero-order chi connectivity index (χ0) is 17.6. The lowest BCUT2D eigenvalue weighted by atomic mass is 10.0. The van der Waals surface area contributed by atoms with Crippen LogP contribution in [0.5, 0.6) is 11.5 Å². The van der Waals surface area contributed by atoms with Crippen molar-refractivity contribution in [3.63, 3.8) is 0 Å². The van der Waals surface area contributed by atoms with Crippen LogP contribution in [0.15, 0.2) is 18.2 Å². The van der Waals surface area contributed by atoms with Gasteiger partial charge in [0.05, 0.1) is 13.2 Å². The van der Waals surface area contributed by atoms with Crippen LogP contribution in [0.4, 0.5) is 0 Å². The molecule has 0 atom stereocenters. The maximum Gasteiger partial charge on any atom is 0.329 e. The van der Waals surface area contributed by atoms with Crippen molar-refractivity contribution in [3.05, 3.63) is 23.8 Å². The summed E-state index contributed by atoms with van der Waals surface area (Å²) in [5.74, 6) is -0.402. The van der Waals surface area contributed by atoms with Crippen molar-refractivity contribution >= 4 is 11.9 Å². The molecule has 1 aromatic rings. The molecule has 0 unspecified atom stereocenters. The number of hydrogen-bond donors (Lipinski definition) is 1. The van der Waals surface area contributed by atoms with Crippen LogP contribution in [0.1, 0.15) is 44.5 Å². The van der Waals surface area contributed by atoms with Crippen molar-refractivity contribution < 1.29 is 24.2 Å². The number of likely N-dealkylation sites (N-methyl/N-ethyl adjacent to an activating group) is 1. The molecule has 128 valence electrons. The van der Waals surface area contributed by atoms with E-state index in [1.807, 2.05) is 13.8 Å². The van der Waals surface area contributed by atoms with Crippen molar-refractivity contribution in [2.45, 2.75) is 39.7 Å². The second kappa shape index (κ2) is 7.85. The third-order valence-electron chi connectivity index (χ3n) is 3.62. The highest BCUT2D eigenvalue weighted by molar-refractivity contribution is 5.98. The predicted octanol–water partition coefficient (Wildman–Crippen LogP) is 2.81. The summed E-state index contributed by atoms with van der Waals surface area (Å²) in [6, 6.07) is 4.88. The highest BCUT2D eigenvalue weighted by Gasteiger charge is 2.35. The normalized spacial score (nSPS) is 11.0. The Bertz CT molecular complexity index is 568. The first kappa shape index (κ1) is 18.8. The van der Waals surface area contributed by atoms with Gasteiger partial charge in [-0.05, 0) is 45.4 Å². The number of carboxylic acid groups (broad SMARTS) is 1. The molecule has 1 amide bonds. The van der Waals surface area contributed by atoms with Crippen LogP contribution in [-0.2, 0) is 4.79 Å². The van der Waals surface area contributed by atoms with Crippen molar-refractivity contribution in [3.8, 4) is 11.5 Å². The average molecular weight is 323 g/mol. The first-order chi connectivity index (χ1) is 10.8. The Hall–Kier alpha value is -2.24. The van der Waals surface area contributed by atoms with Crippen LogP contribution in [0, 0.1) is 0 Å². The molecule has 0 aliphatic heterocycles. The number of nitrogens with zero attached hydrogens (tertiary/aromatic N) is 1. The molecule has 0 saturated heterocycles. The highest BCUT2D eigenvalue weighted by Crippen LogP contribution is 2.30. The van der Waals surface area contributed by atoms with E-state index >= 15 is 0 Å². The van der Waals surface area contributed by atoms with Gasteiger partial charge < -0.3 is 19.5 Å². The second-order valence-corrected chi connectivity index (χ2v) is 5.67. The van der Waals surface area contributed by atoms with E-state index in [0.717, 1.165) is 6.42 Å². The summed E-state index contributed by atoms with van der Waals surface area (Å²) in [7, 11) is 1.47. The third kappa shape index (κ3) is 4.37. The molecule has 1 aromatic carbocycles. The van der Waals surface area contributed by atoms with E-state index in [9.17, 15) is 14.7 Å². The Labute approximate surface area is 137 Å². The van der Waals surface area contributed by atoms with Crippen LogP contribution >= 0.6 is 0 Å². The average Bonchev–Trinajstić information content (AvgIpc) is 2.52. The molecule has 0 saturated carbocycles. The quantitative estimate of drug-likeness (QED) is 0.796. The molecule has 0 radical (unpaired) electrons. The molecule has 0 spiro atoms. The van der Waals surface area contributed by atoms with Crippen LogP contribution in [0.2, 0.25) is 0 Å². The fourth-order valence-corrected chi connectivity index (χ4v) is 1.83. The minimum atomic E-state index is -1.31. The number of carbonyl (C=O) groups excluding carboxylic acids is 1. The van der Waals surface area contributed by atoms with Gasteiger partial charge in [0.2, 0.25) is 0 Å². The van der Waals surface area contributed by atoms with Gasteiger partial charge in [-0.3, -0.25) is 4.79 Å². The van der Waals surface area contributed by atoms with Gasteiger partial charge in [-0.25, -0.2) is 4.79 Å². The molecule has 6 nitrogen and oxygen atoms in total. The minimum Gasteiger partial charge on any atom is -0.490 e. The van der Waals surface area contributed by atoms with E-state index in [1.54, 1.807) is 18.2 Å². The lowest BCUT2D eigenvalue weighted by molar-refractivity contribution is -0.147. The summed E-state index contributed by atoms with van der Waals surface area (Å²) >= 11 is 0. The van der Waals surface area contributed by atoms with Gasteiger partial charge in [0.25, 0.3) is 5.91 Å². The molecule has 0 heterocycles. The molecule has 0 bridgehead atoms. The maximum atomic E-state index is 12.5. The molecule has 1 rings (SSSR count). The van der Waals surface area contributed by atoms with E-state index in [-0.39, 0.29) is 5.91 Å². The van der Waals surface area contributed by atoms with Crippen molar-refractivity contribution in [2.75, 3.05) is 20.3 Å². The van der Waals surface area contributed by atoms with Gasteiger partial charge in [-0.2, -0.15) is 0 Å². The molecular formula is C17H25NO5. The van der Waals surface area contributed by atoms with Gasteiger partial charge in [-0.15, -0.1) is 0 Å². The Morgan fingerprint density at radius 2 is 1.83 bits per heavy atom. The van der Waals surface area contributed by atoms with E-state index in [0.29, 0.717) is 30.3 Å². The monoisotopic (exact) mass is 323 g/mol. The largest absolute Gasteiger partial charge is 0.490 e. The summed E-state index contributed by atoms with van der Waals surface area (Å²) in [5, 5.41) is 9.25. The number of hydrogen-bond acceptors (Lipinski definition) is 4. The van der Waals surface area contributed by atoms with Gasteiger partial charge >= 0.3 is 5.97 Å². The zero-order valence-electron chi connectivity index (χ0n) is 14.4. The van der Waals surface area contributed by atoms with Gasteiger partial charge in [-0.1, -0.05) is 6.92 Å². The number of benzene rings is 1. The Kier molecular flexibility index (Phi) is 6.42. The number of amides is 1. The lowest BCUT2D eigenvalue weighted by Crippen LogP contribution is -2.50. The molecule has 0 aliphatic carbocycles. The second-order valence-electron chi connectivity index (χ2n) is 5.67. The summed E-state index contributed by atoms with van der Waals surface area (Å²) in [6.07, 6.45) is 0.863. The smallest absolute Gasteiger partial charge is 0.329 e. The first-order valence-corrected chi connectivity index (χ1v) is 7.66. The topological polar surface area (TPSA) is 76.1 Å². The van der Waals surface area contributed by atoms with Crippen LogP contribution < -0.4 is 9.47 Å². The van der Waals surface area contributed by atoms with Crippen molar-refractivity contribution in [1.82, 2.24) is 4.90 Å². The Balaban J connectivity index is 3.10. The highest BCUT2D eigenvalue weighted by atomic mass is 16.5. The fourth-order valence-electron chi connectivity index (χ4n) is 1.83. The summed E-state index contributed by atoms with van der Waals surface area (Å²) < 4.78 is 11.1. The summed E-state index contributed by atoms with van der Waals surface area (Å²) in [5.41, 5.74) is -0.950. The lowest BCUT2D eigenvalue weighted by Gasteiger charge is -2.31. The van der Waals surface area contributed by atoms with Crippen molar-refractivity contribution in [1.29, 1.82) is 0 Å². The number of aliphatic carboxylic acids is 1. The number of carboxylic acids is 1. The number of rotatable bonds is 8. The molecule has 6 heteroatoms. The molecule has 0 aliphatic rings. The van der Waals surface area contributed by atoms with Crippen LogP contribution in [0.25, 0.3) is 0 Å². The molecule has 23 heavy (non-hydrogen) atoms. The van der Waals surface area contributed by atoms with E-state index in [2.05, 4.69) is 0 Å². The molecule has 1 N–H and O–H groups in total. The molecule has 0 aromatic heterocycles. The van der Waals surface area contributed by atoms with Gasteiger partial charge in [0.15, 0.2) is 11.5 Å². The molecule has 0 fully saturated rings. The Morgan fingerprint density at radius 3 is 2.35 bits per heavy atom. The first-order valence-electron chi connectivity index (χ1n) is 7.66. The third-order valence-corrected chi connectivity index (χ3v) is 3.62. The number of carbonyl (C=O) groups is 2. The number of ether oxygens (including phenoxy) is 2. The predicted molar refractivity (Wildman–Crippen MR) is 87.2 cm³/mol. The SMILES string of the molecule is CCCOc1ccc(C(=O)N(C)C(C)(C)C(=O)O)cc1OCC. The maximum absolute atomic E-state index is 12.5. The fraction of sp³-hybridized carbons (Fsp3) is 0.529. The standard InChI is InChI=1S/C17H25NO5/c1-6-10-23-13-9-8-12(11-14(13)22-7-2)15(19)18(5)17(3,4)16(20)21/h8-9,11H,6-7,10H2,1-5H3,(H,20,21). The van der Waals surface area contributed by atoms with E-state index in [4.69, 9.17) is 9.47 Å². The van der Waals surface area contributed by atoms with Crippen LogP contribution in [0.3, 0.4) is 0 Å². The Morgan fingerprint density at radius 1 is 1.17 bits per heavy atom. The van der Waals surface area contributed by atoms with Crippen LogP contribution in [-0.4, -0.2) is 47.7 Å². The van der Waals surface area contributed by atoms with Crippen molar-refractivity contribution in [2.24, 2.45) is 0 Å².